The van der Waals surface area contributed by atoms with Gasteiger partial charge in [-0.3, -0.25) is 0 Å². The molecule has 0 aromatic heterocycles. The summed E-state index contributed by atoms with van der Waals surface area (Å²) in [5, 5.41) is 4.21. The number of halogens is 2. The lowest BCUT2D eigenvalue weighted by molar-refractivity contribution is 0.381. The van der Waals surface area contributed by atoms with Crippen LogP contribution in [0, 0.1) is 11.7 Å². The number of hydrogen-bond acceptors (Lipinski definition) is 1. The van der Waals surface area contributed by atoms with Crippen LogP contribution in [0.4, 0.5) is 4.39 Å². The van der Waals surface area contributed by atoms with Crippen molar-refractivity contribution in [3.8, 4) is 0 Å². The zero-order chi connectivity index (χ0) is 14.4. The summed E-state index contributed by atoms with van der Waals surface area (Å²) in [5.41, 5.74) is 0.704. The molecule has 0 spiro atoms. The van der Waals surface area contributed by atoms with Gasteiger partial charge in [0.2, 0.25) is 0 Å². The SMILES string of the molecule is CCCNC1CCCCC(Cc2c(F)cccc2Cl)C1. The molecule has 1 saturated carbocycles. The molecule has 1 aromatic rings. The Morgan fingerprint density at radius 2 is 2.10 bits per heavy atom. The zero-order valence-corrected chi connectivity index (χ0v) is 13.1. The molecule has 2 unspecified atom stereocenters. The summed E-state index contributed by atoms with van der Waals surface area (Å²) in [5.74, 6) is 0.390. The summed E-state index contributed by atoms with van der Waals surface area (Å²) in [6, 6.07) is 5.58. The van der Waals surface area contributed by atoms with Crippen LogP contribution in [0.2, 0.25) is 5.02 Å². The van der Waals surface area contributed by atoms with Crippen LogP contribution in [0.25, 0.3) is 0 Å². The fourth-order valence-corrected chi connectivity index (χ4v) is 3.44. The first kappa shape index (κ1) is 15.8. The molecule has 0 aliphatic heterocycles. The number of rotatable bonds is 5. The molecule has 1 nitrogen and oxygen atoms in total. The van der Waals surface area contributed by atoms with Gasteiger partial charge in [0.1, 0.15) is 5.82 Å². The van der Waals surface area contributed by atoms with Crippen molar-refractivity contribution in [2.24, 2.45) is 5.92 Å². The van der Waals surface area contributed by atoms with Crippen molar-refractivity contribution in [2.45, 2.75) is 57.9 Å². The fraction of sp³-hybridized carbons (Fsp3) is 0.647. The van der Waals surface area contributed by atoms with E-state index >= 15 is 0 Å². The minimum Gasteiger partial charge on any atom is -0.314 e. The normalized spacial score (nSPS) is 23.6. The van der Waals surface area contributed by atoms with E-state index in [1.165, 1.54) is 38.2 Å². The molecule has 1 fully saturated rings. The highest BCUT2D eigenvalue weighted by molar-refractivity contribution is 6.31. The molecular formula is C17H25ClFN. The minimum atomic E-state index is -0.153. The van der Waals surface area contributed by atoms with Gasteiger partial charge in [-0.05, 0) is 50.3 Å². The van der Waals surface area contributed by atoms with Crippen LogP contribution in [-0.4, -0.2) is 12.6 Å². The van der Waals surface area contributed by atoms with Crippen molar-refractivity contribution in [1.82, 2.24) is 5.32 Å². The molecule has 1 N–H and O–H groups in total. The Kier molecular flexibility index (Phi) is 6.31. The number of benzene rings is 1. The van der Waals surface area contributed by atoms with E-state index in [9.17, 15) is 4.39 Å². The lowest BCUT2D eigenvalue weighted by Gasteiger charge is -2.21. The predicted octanol–water partition coefficient (Wildman–Crippen LogP) is 4.97. The van der Waals surface area contributed by atoms with Gasteiger partial charge in [-0.2, -0.15) is 0 Å². The van der Waals surface area contributed by atoms with E-state index in [0.717, 1.165) is 19.4 Å². The van der Waals surface area contributed by atoms with Gasteiger partial charge in [0.15, 0.2) is 0 Å². The maximum atomic E-state index is 13.9. The second-order valence-electron chi connectivity index (χ2n) is 5.94. The molecule has 0 amide bonds. The predicted molar refractivity (Wildman–Crippen MR) is 83.8 cm³/mol. The average molecular weight is 298 g/mol. The van der Waals surface area contributed by atoms with Crippen molar-refractivity contribution in [3.63, 3.8) is 0 Å². The Morgan fingerprint density at radius 3 is 2.85 bits per heavy atom. The summed E-state index contributed by atoms with van der Waals surface area (Å²) < 4.78 is 13.9. The molecular weight excluding hydrogens is 273 g/mol. The molecule has 1 aromatic carbocycles. The van der Waals surface area contributed by atoms with Crippen molar-refractivity contribution in [2.75, 3.05) is 6.54 Å². The van der Waals surface area contributed by atoms with E-state index in [1.807, 2.05) is 0 Å². The van der Waals surface area contributed by atoms with Crippen LogP contribution >= 0.6 is 11.6 Å². The lowest BCUT2D eigenvalue weighted by Crippen LogP contribution is -2.31. The van der Waals surface area contributed by atoms with E-state index in [2.05, 4.69) is 12.2 Å². The average Bonchev–Trinajstić information content (AvgIpc) is 2.66. The van der Waals surface area contributed by atoms with Crippen molar-refractivity contribution >= 4 is 11.6 Å². The van der Waals surface area contributed by atoms with Gasteiger partial charge < -0.3 is 5.32 Å². The van der Waals surface area contributed by atoms with Gasteiger partial charge >= 0.3 is 0 Å². The summed E-state index contributed by atoms with van der Waals surface area (Å²) in [7, 11) is 0. The summed E-state index contributed by atoms with van der Waals surface area (Å²) in [6.07, 6.45) is 8.06. The van der Waals surface area contributed by atoms with Crippen molar-refractivity contribution in [3.05, 3.63) is 34.6 Å². The lowest BCUT2D eigenvalue weighted by atomic mass is 9.90. The van der Waals surface area contributed by atoms with Gasteiger partial charge in [0, 0.05) is 16.6 Å². The standard InChI is InChI=1S/C17H25ClFN/c1-2-10-20-14-7-4-3-6-13(11-14)12-15-16(18)8-5-9-17(15)19/h5,8-9,13-14,20H,2-4,6-7,10-12H2,1H3. The first-order chi connectivity index (χ1) is 9.70. The van der Waals surface area contributed by atoms with E-state index in [4.69, 9.17) is 11.6 Å². The highest BCUT2D eigenvalue weighted by Gasteiger charge is 2.21. The third-order valence-electron chi connectivity index (χ3n) is 4.27. The number of nitrogens with one attached hydrogen (secondary N) is 1. The second-order valence-corrected chi connectivity index (χ2v) is 6.35. The van der Waals surface area contributed by atoms with E-state index in [1.54, 1.807) is 12.1 Å². The van der Waals surface area contributed by atoms with Crippen molar-refractivity contribution < 1.29 is 4.39 Å². The highest BCUT2D eigenvalue weighted by Crippen LogP contribution is 2.30. The summed E-state index contributed by atoms with van der Waals surface area (Å²) >= 11 is 6.15. The third kappa shape index (κ3) is 4.46. The first-order valence-electron chi connectivity index (χ1n) is 7.87. The van der Waals surface area contributed by atoms with E-state index in [-0.39, 0.29) is 5.82 Å². The van der Waals surface area contributed by atoms with Crippen LogP contribution in [0.3, 0.4) is 0 Å². The molecule has 0 heterocycles. The molecule has 20 heavy (non-hydrogen) atoms. The maximum Gasteiger partial charge on any atom is 0.127 e. The van der Waals surface area contributed by atoms with Crippen LogP contribution in [0.1, 0.15) is 51.0 Å². The molecule has 2 rings (SSSR count). The Labute approximate surface area is 126 Å². The summed E-state index contributed by atoms with van der Waals surface area (Å²) in [6.45, 7) is 3.28. The Hall–Kier alpha value is -0.600. The topological polar surface area (TPSA) is 12.0 Å². The molecule has 0 saturated heterocycles. The fourth-order valence-electron chi connectivity index (χ4n) is 3.20. The molecule has 2 atom stereocenters. The molecule has 0 radical (unpaired) electrons. The largest absolute Gasteiger partial charge is 0.314 e. The van der Waals surface area contributed by atoms with Gasteiger partial charge in [-0.1, -0.05) is 43.9 Å². The zero-order valence-electron chi connectivity index (χ0n) is 12.3. The summed E-state index contributed by atoms with van der Waals surface area (Å²) in [4.78, 5) is 0. The first-order valence-corrected chi connectivity index (χ1v) is 8.24. The Bertz CT molecular complexity index is 401. The molecule has 0 bridgehead atoms. The quantitative estimate of drug-likeness (QED) is 0.757. The van der Waals surface area contributed by atoms with Gasteiger partial charge in [0.05, 0.1) is 0 Å². The smallest absolute Gasteiger partial charge is 0.127 e. The second kappa shape index (κ2) is 7.99. The highest BCUT2D eigenvalue weighted by atomic mass is 35.5. The van der Waals surface area contributed by atoms with Crippen LogP contribution < -0.4 is 5.32 Å². The van der Waals surface area contributed by atoms with Gasteiger partial charge in [0.25, 0.3) is 0 Å². The molecule has 112 valence electrons. The van der Waals surface area contributed by atoms with E-state index in [0.29, 0.717) is 22.5 Å². The van der Waals surface area contributed by atoms with Crippen LogP contribution in [0.5, 0.6) is 0 Å². The third-order valence-corrected chi connectivity index (χ3v) is 4.62. The minimum absolute atomic E-state index is 0.153. The van der Waals surface area contributed by atoms with Gasteiger partial charge in [-0.15, -0.1) is 0 Å². The number of hydrogen-bond donors (Lipinski definition) is 1. The molecule has 1 aliphatic carbocycles. The monoisotopic (exact) mass is 297 g/mol. The Morgan fingerprint density at radius 1 is 1.30 bits per heavy atom. The van der Waals surface area contributed by atoms with Crippen LogP contribution in [-0.2, 0) is 6.42 Å². The van der Waals surface area contributed by atoms with Crippen molar-refractivity contribution in [1.29, 1.82) is 0 Å². The van der Waals surface area contributed by atoms with E-state index < -0.39 is 0 Å². The maximum absolute atomic E-state index is 13.9. The van der Waals surface area contributed by atoms with Crippen LogP contribution in [0.15, 0.2) is 18.2 Å². The Balaban J connectivity index is 2.00. The molecule has 1 aliphatic rings. The molecule has 3 heteroatoms. The van der Waals surface area contributed by atoms with Gasteiger partial charge in [-0.25, -0.2) is 4.39 Å².